The van der Waals surface area contributed by atoms with Crippen LogP contribution in [0.25, 0.3) is 0 Å². The van der Waals surface area contributed by atoms with Crippen molar-refractivity contribution in [2.24, 2.45) is 0 Å². The predicted octanol–water partition coefficient (Wildman–Crippen LogP) is -0.575. The third-order valence-corrected chi connectivity index (χ3v) is 13.3. The van der Waals surface area contributed by atoms with E-state index in [1.807, 2.05) is 0 Å². The molecule has 0 fully saturated rings. The lowest BCUT2D eigenvalue weighted by Crippen LogP contribution is -2.64. The zero-order chi connectivity index (χ0) is 24.1. The molecule has 0 aromatic rings. The molecule has 0 heterocycles. The molecule has 0 aromatic carbocycles. The fourth-order valence-corrected chi connectivity index (χ4v) is 10.5. The van der Waals surface area contributed by atoms with Crippen molar-refractivity contribution in [1.82, 2.24) is 0 Å². The third kappa shape index (κ3) is 4.02. The van der Waals surface area contributed by atoms with Crippen LogP contribution in [0.1, 0.15) is 0 Å². The Labute approximate surface area is 160 Å². The van der Waals surface area contributed by atoms with Crippen molar-refractivity contribution in [3.63, 3.8) is 0 Å². The average Bonchev–Trinajstić information content (AvgIpc) is 2.43. The van der Waals surface area contributed by atoms with Crippen molar-refractivity contribution in [3.8, 4) is 12.1 Å². The summed E-state index contributed by atoms with van der Waals surface area (Å²) in [6.07, 6.45) is -0.610. The molecule has 20 heteroatoms. The number of halogens is 6. The predicted molar refractivity (Wildman–Crippen MR) is 81.2 cm³/mol. The van der Waals surface area contributed by atoms with Crippen LogP contribution in [-0.2, 0) is 39.3 Å². The molecule has 0 rings (SSSR count). The molecule has 0 saturated heterocycles. The van der Waals surface area contributed by atoms with Gasteiger partial charge in [0.05, 0.1) is 12.1 Å². The highest BCUT2D eigenvalue weighted by Gasteiger charge is 2.84. The summed E-state index contributed by atoms with van der Waals surface area (Å²) in [5.41, 5.74) is 0. The number of rotatable bonds is 8. The Morgan fingerprint density at radius 2 is 0.931 bits per heavy atom. The summed E-state index contributed by atoms with van der Waals surface area (Å²) in [4.78, 5) is 0. The van der Waals surface area contributed by atoms with E-state index in [9.17, 15) is 60.0 Å². The largest absolute Gasteiger partial charge is 0.416 e. The minimum atomic E-state index is -7.63. The Morgan fingerprint density at radius 3 is 1.17 bits per heavy atom. The molecule has 0 atom stereocenters. The first-order chi connectivity index (χ1) is 12.4. The summed E-state index contributed by atoms with van der Waals surface area (Å²) >= 11 is 0. The van der Waals surface area contributed by atoms with E-state index in [1.165, 1.54) is 0 Å². The van der Waals surface area contributed by atoms with E-state index in [0.717, 1.165) is 0 Å². The van der Waals surface area contributed by atoms with Gasteiger partial charge in [0.15, 0.2) is 19.7 Å². The summed E-state index contributed by atoms with van der Waals surface area (Å²) < 4.78 is 170. The van der Waals surface area contributed by atoms with Crippen molar-refractivity contribution in [1.29, 1.82) is 10.5 Å². The first-order valence-corrected chi connectivity index (χ1v) is 13.2. The maximum atomic E-state index is 14.0. The van der Waals surface area contributed by atoms with Crippen LogP contribution in [0.2, 0.25) is 0 Å². The van der Waals surface area contributed by atoms with Gasteiger partial charge in [-0.3, -0.25) is 0 Å². The molecule has 0 aliphatic rings. The molecular weight excluding hydrogens is 506 g/mol. The quantitative estimate of drug-likeness (QED) is 0.380. The molecule has 0 N–H and O–H groups in total. The van der Waals surface area contributed by atoms with Crippen LogP contribution in [0.4, 0.5) is 26.3 Å². The van der Waals surface area contributed by atoms with E-state index in [2.05, 4.69) is 0 Å². The summed E-state index contributed by atoms with van der Waals surface area (Å²) in [7, 11) is -26.2. The maximum absolute atomic E-state index is 14.0. The molecule has 0 aliphatic heterocycles. The van der Waals surface area contributed by atoms with Gasteiger partial charge in [-0.2, -0.15) is 36.9 Å². The molecule has 0 saturated carbocycles. The summed E-state index contributed by atoms with van der Waals surface area (Å²) in [5, 5.41) is -1.59. The molecule has 0 unspecified atom stereocenters. The van der Waals surface area contributed by atoms with Crippen molar-refractivity contribution in [3.05, 3.63) is 0 Å². The van der Waals surface area contributed by atoms with Gasteiger partial charge in [-0.25, -0.2) is 33.7 Å². The Kier molecular flexibility index (Phi) is 6.84. The second-order valence-corrected chi connectivity index (χ2v) is 14.6. The number of hydrogen-bond donors (Lipinski definition) is 0. The fourth-order valence-electron chi connectivity index (χ4n) is 1.74. The van der Waals surface area contributed by atoms with E-state index >= 15 is 0 Å². The Balaban J connectivity index is 7.18. The van der Waals surface area contributed by atoms with Gasteiger partial charge >= 0.3 is 16.4 Å². The van der Waals surface area contributed by atoms with Crippen molar-refractivity contribution < 1.29 is 60.0 Å². The van der Waals surface area contributed by atoms with Crippen LogP contribution in [0.15, 0.2) is 0 Å². The van der Waals surface area contributed by atoms with Gasteiger partial charge in [0.2, 0.25) is 5.25 Å². The van der Waals surface area contributed by atoms with E-state index in [4.69, 9.17) is 10.5 Å². The lowest BCUT2D eigenvalue weighted by molar-refractivity contribution is -0.243. The van der Waals surface area contributed by atoms with Gasteiger partial charge in [0.25, 0.3) is 23.6 Å². The van der Waals surface area contributed by atoms with Crippen molar-refractivity contribution in [2.45, 2.75) is 25.6 Å². The summed E-state index contributed by atoms with van der Waals surface area (Å²) in [6.45, 7) is 0. The average molecular weight is 514 g/mol. The second-order valence-electron chi connectivity index (χ2n) is 5.28. The van der Waals surface area contributed by atoms with E-state index in [0.29, 0.717) is 0 Å². The minimum absolute atomic E-state index is 0.283. The molecule has 0 amide bonds. The van der Waals surface area contributed by atoms with Crippen LogP contribution < -0.4 is 0 Å². The Hall–Kier alpha value is -1.64. The van der Waals surface area contributed by atoms with Crippen molar-refractivity contribution >= 4 is 39.3 Å². The molecule has 0 aromatic heterocycles. The van der Waals surface area contributed by atoms with Gasteiger partial charge in [-0.05, 0) is 0 Å². The number of hydrogen-bond acceptors (Lipinski definition) is 10. The van der Waals surface area contributed by atoms with Crippen LogP contribution in [0.3, 0.4) is 0 Å². The highest BCUT2D eigenvalue weighted by molar-refractivity contribution is 8.24. The molecule has 29 heavy (non-hydrogen) atoms. The van der Waals surface area contributed by atoms with E-state index in [-0.39, 0.29) is 24.6 Å². The van der Waals surface area contributed by atoms with Crippen LogP contribution in [0, 0.1) is 22.7 Å². The molecule has 0 radical (unpaired) electrons. The zero-order valence-electron chi connectivity index (χ0n) is 13.7. The normalized spacial score (nSPS) is 15.2. The monoisotopic (exact) mass is 514 g/mol. The lowest BCUT2D eigenvalue weighted by Gasteiger charge is -2.33. The number of nitrogens with zero attached hydrogens (tertiary/aromatic N) is 2. The topological polar surface area (TPSA) is 184 Å². The van der Waals surface area contributed by atoms with Gasteiger partial charge in [-0.1, -0.05) is 0 Å². The third-order valence-electron chi connectivity index (χ3n) is 2.94. The van der Waals surface area contributed by atoms with Gasteiger partial charge < -0.3 is 0 Å². The Bertz CT molecular complexity index is 1150. The second kappa shape index (κ2) is 7.25. The van der Waals surface area contributed by atoms with E-state index in [1.54, 1.807) is 0 Å². The number of alkyl halides is 6. The van der Waals surface area contributed by atoms with Crippen LogP contribution >= 0.6 is 0 Å². The summed E-state index contributed by atoms with van der Waals surface area (Å²) in [5.74, 6) is -7.52. The van der Waals surface area contributed by atoms with Crippen LogP contribution in [-0.4, -0.2) is 71.8 Å². The molecule has 0 bridgehead atoms. The molecule has 168 valence electrons. The van der Waals surface area contributed by atoms with Crippen LogP contribution in [0.5, 0.6) is 0 Å². The highest BCUT2D eigenvalue weighted by Crippen LogP contribution is 2.53. The summed E-state index contributed by atoms with van der Waals surface area (Å²) in [6, 6.07) is 0.566. The zero-order valence-corrected chi connectivity index (χ0v) is 17.0. The minimum Gasteiger partial charge on any atom is -0.227 e. The first kappa shape index (κ1) is 27.4. The number of nitriles is 2. The molecule has 0 spiro atoms. The SMILES string of the molecule is CS(=O)(=O)C(S(C)(=O)=O)S(=O)(=O)C(F)(F)C(F)(F)C(F)(F)S(=O)(=O)C(C#N)C#N. The highest BCUT2D eigenvalue weighted by atomic mass is 32.3. The first-order valence-electron chi connectivity index (χ1n) is 6.16. The maximum Gasteiger partial charge on any atom is 0.416 e. The smallest absolute Gasteiger partial charge is 0.227 e. The van der Waals surface area contributed by atoms with E-state index < -0.39 is 64.9 Å². The molecule has 0 aliphatic carbocycles. The molecule has 10 nitrogen and oxygen atoms in total. The standard InChI is InChI=1S/C9H8F6N2O8S4/c1-26(18,19)6(27(2,20)21)29(24,25)9(14,15)7(10,11)8(12,13)28(22,23)5(3-16)4-17/h5-6H,1-2H3. The molecular formula is C9H8F6N2O8S4. The van der Waals surface area contributed by atoms with Gasteiger partial charge in [0, 0.05) is 12.5 Å². The lowest BCUT2D eigenvalue weighted by atomic mass is 10.3. The van der Waals surface area contributed by atoms with Gasteiger partial charge in [0.1, 0.15) is 0 Å². The fraction of sp³-hybridized carbons (Fsp3) is 0.778. The van der Waals surface area contributed by atoms with Gasteiger partial charge in [-0.15, -0.1) is 0 Å². The Morgan fingerprint density at radius 1 is 0.655 bits per heavy atom. The van der Waals surface area contributed by atoms with Crippen molar-refractivity contribution in [2.75, 3.05) is 12.5 Å². The number of sulfone groups is 4.